The minimum absolute atomic E-state index is 0.0916. The van der Waals surface area contributed by atoms with Gasteiger partial charge in [-0.15, -0.1) is 0 Å². The van der Waals surface area contributed by atoms with Crippen LogP contribution in [0.25, 0.3) is 0 Å². The van der Waals surface area contributed by atoms with Crippen LogP contribution in [0, 0.1) is 0 Å². The van der Waals surface area contributed by atoms with Crippen LogP contribution in [-0.4, -0.2) is 16.3 Å². The van der Waals surface area contributed by atoms with Crippen molar-refractivity contribution in [2.45, 2.75) is 6.04 Å². The van der Waals surface area contributed by atoms with Crippen molar-refractivity contribution < 1.29 is 0 Å². The van der Waals surface area contributed by atoms with E-state index < -0.39 is 0 Å². The number of hydrogen-bond acceptors (Lipinski definition) is 2. The van der Waals surface area contributed by atoms with E-state index in [0.29, 0.717) is 16.6 Å². The second kappa shape index (κ2) is 5.40. The zero-order valence-electron chi connectivity index (χ0n) is 8.78. The van der Waals surface area contributed by atoms with Gasteiger partial charge in [-0.25, -0.2) is 0 Å². The summed E-state index contributed by atoms with van der Waals surface area (Å²) in [6.07, 6.45) is 3.58. The highest BCUT2D eigenvalue weighted by Gasteiger charge is 2.16. The Balaban J connectivity index is 2.42. The van der Waals surface area contributed by atoms with Gasteiger partial charge in [-0.05, 0) is 33.6 Å². The molecule has 1 atom stereocenters. The van der Waals surface area contributed by atoms with E-state index in [0.717, 1.165) is 10.0 Å². The van der Waals surface area contributed by atoms with Crippen molar-refractivity contribution in [1.29, 1.82) is 0 Å². The van der Waals surface area contributed by atoms with E-state index in [9.17, 15) is 0 Å². The molecule has 0 aliphatic carbocycles. The van der Waals surface area contributed by atoms with Gasteiger partial charge in [0.15, 0.2) is 0 Å². The summed E-state index contributed by atoms with van der Waals surface area (Å²) >= 11 is 15.4. The molecule has 90 valence electrons. The van der Waals surface area contributed by atoms with Crippen LogP contribution in [0.5, 0.6) is 0 Å². The molecule has 6 heteroatoms. The molecule has 0 bridgehead atoms. The molecule has 2 rings (SSSR count). The van der Waals surface area contributed by atoms with E-state index in [-0.39, 0.29) is 6.04 Å². The Kier molecular flexibility index (Phi) is 4.09. The second-order valence-corrected chi connectivity index (χ2v) is 5.32. The number of nitrogens with zero attached hydrogens (tertiary/aromatic N) is 2. The molecule has 2 N–H and O–H groups in total. The van der Waals surface area contributed by atoms with Crippen molar-refractivity contribution in [2.75, 3.05) is 6.54 Å². The smallest absolute Gasteiger partial charge is 0.0905 e. The molecule has 1 aromatic carbocycles. The quantitative estimate of drug-likeness (QED) is 0.933. The molecule has 1 heterocycles. The Morgan fingerprint density at radius 2 is 2.18 bits per heavy atom. The molecular weight excluding hydrogens is 325 g/mol. The topological polar surface area (TPSA) is 43.8 Å². The molecule has 0 aliphatic heterocycles. The average Bonchev–Trinajstić information content (AvgIpc) is 2.69. The number of nitrogens with two attached hydrogens (primary N) is 1. The van der Waals surface area contributed by atoms with Crippen molar-refractivity contribution >= 4 is 39.1 Å². The fourth-order valence-electron chi connectivity index (χ4n) is 1.63. The Morgan fingerprint density at radius 1 is 1.41 bits per heavy atom. The largest absolute Gasteiger partial charge is 0.328 e. The maximum absolute atomic E-state index is 6.17. The average molecular weight is 335 g/mol. The van der Waals surface area contributed by atoms with Crippen molar-refractivity contribution in [3.05, 3.63) is 50.7 Å². The highest BCUT2D eigenvalue weighted by atomic mass is 79.9. The molecule has 0 amide bonds. The lowest BCUT2D eigenvalue weighted by Gasteiger charge is -2.17. The van der Waals surface area contributed by atoms with Crippen LogP contribution in [0.4, 0.5) is 0 Å². The molecule has 17 heavy (non-hydrogen) atoms. The minimum atomic E-state index is -0.0916. The zero-order valence-corrected chi connectivity index (χ0v) is 11.9. The molecule has 2 aromatic rings. The first-order valence-corrected chi connectivity index (χ1v) is 6.51. The van der Waals surface area contributed by atoms with Gasteiger partial charge in [-0.2, -0.15) is 5.10 Å². The summed E-state index contributed by atoms with van der Waals surface area (Å²) in [4.78, 5) is 0. The van der Waals surface area contributed by atoms with Crippen LogP contribution in [0.2, 0.25) is 10.0 Å². The summed E-state index contributed by atoms with van der Waals surface area (Å²) in [5, 5.41) is 5.43. The molecule has 0 radical (unpaired) electrons. The third kappa shape index (κ3) is 2.83. The van der Waals surface area contributed by atoms with Gasteiger partial charge in [0.2, 0.25) is 0 Å². The standard InChI is InChI=1S/C11H10BrCl2N3/c12-7-5-16-17(6-7)11(4-15)9-2-1-8(13)3-10(9)14/h1-3,5-6,11H,4,15H2. The fraction of sp³-hybridized carbons (Fsp3) is 0.182. The van der Waals surface area contributed by atoms with Gasteiger partial charge in [0, 0.05) is 22.8 Å². The van der Waals surface area contributed by atoms with Crippen molar-refractivity contribution in [3.8, 4) is 0 Å². The first-order chi connectivity index (χ1) is 8.11. The molecule has 0 aliphatic rings. The molecule has 3 nitrogen and oxygen atoms in total. The number of hydrogen-bond donors (Lipinski definition) is 1. The lowest BCUT2D eigenvalue weighted by atomic mass is 10.1. The summed E-state index contributed by atoms with van der Waals surface area (Å²) in [7, 11) is 0. The predicted molar refractivity (Wildman–Crippen MR) is 73.6 cm³/mol. The summed E-state index contributed by atoms with van der Waals surface area (Å²) in [5.41, 5.74) is 6.70. The number of benzene rings is 1. The third-order valence-corrected chi connectivity index (χ3v) is 3.41. The highest BCUT2D eigenvalue weighted by molar-refractivity contribution is 9.10. The summed E-state index contributed by atoms with van der Waals surface area (Å²) in [5.74, 6) is 0. The highest BCUT2D eigenvalue weighted by Crippen LogP contribution is 2.28. The molecule has 0 fully saturated rings. The van der Waals surface area contributed by atoms with Crippen LogP contribution in [0.1, 0.15) is 11.6 Å². The Hall–Kier alpha value is -0.550. The van der Waals surface area contributed by atoms with Gasteiger partial charge in [-0.1, -0.05) is 29.3 Å². The predicted octanol–water partition coefficient (Wildman–Crippen LogP) is 3.50. The first kappa shape index (κ1) is 12.9. The van der Waals surface area contributed by atoms with E-state index in [1.807, 2.05) is 12.3 Å². The Labute approximate surface area is 118 Å². The molecule has 0 saturated heterocycles. The van der Waals surface area contributed by atoms with Gasteiger partial charge in [0.25, 0.3) is 0 Å². The monoisotopic (exact) mass is 333 g/mol. The normalized spacial score (nSPS) is 12.7. The maximum atomic E-state index is 6.17. The van der Waals surface area contributed by atoms with Gasteiger partial charge in [0.05, 0.1) is 16.7 Å². The molecule has 1 unspecified atom stereocenters. The lowest BCUT2D eigenvalue weighted by molar-refractivity contribution is 0.532. The maximum Gasteiger partial charge on any atom is 0.0905 e. The van der Waals surface area contributed by atoms with Crippen LogP contribution in [-0.2, 0) is 0 Å². The third-order valence-electron chi connectivity index (χ3n) is 2.43. The number of aromatic nitrogens is 2. The van der Waals surface area contributed by atoms with E-state index in [1.54, 1.807) is 23.0 Å². The van der Waals surface area contributed by atoms with Crippen LogP contribution in [0.3, 0.4) is 0 Å². The number of halogens is 3. The first-order valence-electron chi connectivity index (χ1n) is 4.96. The zero-order chi connectivity index (χ0) is 12.4. The SMILES string of the molecule is NCC(c1ccc(Cl)cc1Cl)n1cc(Br)cn1. The molecule has 0 spiro atoms. The minimum Gasteiger partial charge on any atom is -0.328 e. The van der Waals surface area contributed by atoms with Crippen LogP contribution >= 0.6 is 39.1 Å². The molecular formula is C11H10BrCl2N3. The Morgan fingerprint density at radius 3 is 2.71 bits per heavy atom. The van der Waals surface area contributed by atoms with E-state index in [1.165, 1.54) is 0 Å². The van der Waals surface area contributed by atoms with Crippen LogP contribution in [0.15, 0.2) is 35.1 Å². The van der Waals surface area contributed by atoms with Gasteiger partial charge < -0.3 is 5.73 Å². The van der Waals surface area contributed by atoms with Gasteiger partial charge >= 0.3 is 0 Å². The van der Waals surface area contributed by atoms with Gasteiger partial charge in [0.1, 0.15) is 0 Å². The summed E-state index contributed by atoms with van der Waals surface area (Å²) < 4.78 is 2.68. The van der Waals surface area contributed by atoms with E-state index in [4.69, 9.17) is 28.9 Å². The van der Waals surface area contributed by atoms with Crippen LogP contribution < -0.4 is 5.73 Å². The molecule has 1 aromatic heterocycles. The second-order valence-electron chi connectivity index (χ2n) is 3.56. The van der Waals surface area contributed by atoms with E-state index >= 15 is 0 Å². The lowest BCUT2D eigenvalue weighted by Crippen LogP contribution is -2.21. The summed E-state index contributed by atoms with van der Waals surface area (Å²) in [6.45, 7) is 0.412. The Bertz CT molecular complexity index is 527. The summed E-state index contributed by atoms with van der Waals surface area (Å²) in [6, 6.07) is 5.28. The van der Waals surface area contributed by atoms with Gasteiger partial charge in [-0.3, -0.25) is 4.68 Å². The van der Waals surface area contributed by atoms with Crippen molar-refractivity contribution in [2.24, 2.45) is 5.73 Å². The molecule has 0 saturated carbocycles. The van der Waals surface area contributed by atoms with Crippen molar-refractivity contribution in [3.63, 3.8) is 0 Å². The van der Waals surface area contributed by atoms with E-state index in [2.05, 4.69) is 21.0 Å². The fourth-order valence-corrected chi connectivity index (χ4v) is 2.47. The number of rotatable bonds is 3. The van der Waals surface area contributed by atoms with Crippen molar-refractivity contribution in [1.82, 2.24) is 9.78 Å².